The van der Waals surface area contributed by atoms with E-state index in [4.69, 9.17) is 9.47 Å². The molecule has 0 aliphatic carbocycles. The van der Waals surface area contributed by atoms with Gasteiger partial charge in [0.05, 0.1) is 4.92 Å². The van der Waals surface area contributed by atoms with Gasteiger partial charge in [0.15, 0.2) is 11.5 Å². The molecule has 7 heteroatoms. The Morgan fingerprint density at radius 2 is 2.00 bits per heavy atom. The van der Waals surface area contributed by atoms with Crippen molar-refractivity contribution in [2.24, 2.45) is 0 Å². The summed E-state index contributed by atoms with van der Waals surface area (Å²) in [6.45, 7) is 1.72. The summed E-state index contributed by atoms with van der Waals surface area (Å²) in [5.74, 6) is 0.661. The standard InChI is InChI=1S/C16H14N2O5/c1-10-6-7-11(8-12(10)18(20)21)17-16(19)15-9-22-13-4-2-3-5-14(13)23-15/h2-8,15H,9H2,1H3,(H,17,19). The molecule has 118 valence electrons. The number of nitrogens with one attached hydrogen (secondary N) is 1. The topological polar surface area (TPSA) is 90.7 Å². The van der Waals surface area contributed by atoms with Gasteiger partial charge in [-0.1, -0.05) is 18.2 Å². The Kier molecular flexibility index (Phi) is 3.84. The van der Waals surface area contributed by atoms with Crippen molar-refractivity contribution in [3.8, 4) is 11.5 Å². The number of nitro benzene ring substituents is 1. The van der Waals surface area contributed by atoms with Crippen LogP contribution in [0.15, 0.2) is 42.5 Å². The second kappa shape index (κ2) is 5.96. The van der Waals surface area contributed by atoms with Gasteiger partial charge in [-0.15, -0.1) is 0 Å². The molecule has 0 saturated carbocycles. The number of nitrogens with zero attached hydrogens (tertiary/aromatic N) is 1. The molecule has 3 rings (SSSR count). The van der Waals surface area contributed by atoms with Gasteiger partial charge in [-0.25, -0.2) is 0 Å². The minimum atomic E-state index is -0.815. The smallest absolute Gasteiger partial charge is 0.274 e. The van der Waals surface area contributed by atoms with Gasteiger partial charge in [-0.2, -0.15) is 0 Å². The number of aryl methyl sites for hydroxylation is 1. The lowest BCUT2D eigenvalue weighted by Crippen LogP contribution is -2.40. The van der Waals surface area contributed by atoms with Gasteiger partial charge < -0.3 is 14.8 Å². The first kappa shape index (κ1) is 14.8. The third-order valence-corrected chi connectivity index (χ3v) is 3.47. The zero-order valence-corrected chi connectivity index (χ0v) is 12.3. The first-order valence-corrected chi connectivity index (χ1v) is 6.99. The number of hydrogen-bond acceptors (Lipinski definition) is 5. The van der Waals surface area contributed by atoms with Gasteiger partial charge in [0.1, 0.15) is 6.61 Å². The number of hydrogen-bond donors (Lipinski definition) is 1. The summed E-state index contributed by atoms with van der Waals surface area (Å²) in [6, 6.07) is 11.6. The summed E-state index contributed by atoms with van der Waals surface area (Å²) < 4.78 is 11.1. The monoisotopic (exact) mass is 314 g/mol. The highest BCUT2D eigenvalue weighted by Crippen LogP contribution is 2.31. The number of ether oxygens (including phenoxy) is 2. The van der Waals surface area contributed by atoms with E-state index in [0.29, 0.717) is 22.7 Å². The molecule has 0 aromatic heterocycles. The number of carbonyl (C=O) groups excluding carboxylic acids is 1. The van der Waals surface area contributed by atoms with Crippen LogP contribution in [0, 0.1) is 17.0 Å². The summed E-state index contributed by atoms with van der Waals surface area (Å²) in [6.07, 6.45) is -0.815. The number of para-hydroxylation sites is 2. The number of benzene rings is 2. The molecule has 0 bridgehead atoms. The molecule has 23 heavy (non-hydrogen) atoms. The Bertz CT molecular complexity index is 775. The average molecular weight is 314 g/mol. The fourth-order valence-electron chi connectivity index (χ4n) is 2.26. The second-order valence-electron chi connectivity index (χ2n) is 5.11. The number of fused-ring (bicyclic) bond motifs is 1. The lowest BCUT2D eigenvalue weighted by Gasteiger charge is -2.25. The predicted molar refractivity (Wildman–Crippen MR) is 82.8 cm³/mol. The molecule has 0 spiro atoms. The maximum absolute atomic E-state index is 12.3. The van der Waals surface area contributed by atoms with E-state index >= 15 is 0 Å². The van der Waals surface area contributed by atoms with Crippen molar-refractivity contribution in [2.75, 3.05) is 11.9 Å². The molecular formula is C16H14N2O5. The molecule has 1 aliphatic heterocycles. The van der Waals surface area contributed by atoms with Crippen molar-refractivity contribution in [3.05, 3.63) is 58.1 Å². The first-order valence-electron chi connectivity index (χ1n) is 6.99. The molecular weight excluding hydrogens is 300 g/mol. The molecule has 1 aliphatic rings. The zero-order chi connectivity index (χ0) is 16.4. The lowest BCUT2D eigenvalue weighted by atomic mass is 10.2. The number of amides is 1. The molecule has 0 fully saturated rings. The molecule has 1 unspecified atom stereocenters. The fraction of sp³-hybridized carbons (Fsp3) is 0.188. The molecule has 0 saturated heterocycles. The zero-order valence-electron chi connectivity index (χ0n) is 12.3. The van der Waals surface area contributed by atoms with E-state index in [2.05, 4.69) is 5.32 Å². The van der Waals surface area contributed by atoms with Crippen LogP contribution >= 0.6 is 0 Å². The van der Waals surface area contributed by atoms with Crippen molar-refractivity contribution in [2.45, 2.75) is 13.0 Å². The van der Waals surface area contributed by atoms with Crippen molar-refractivity contribution < 1.29 is 19.2 Å². The average Bonchev–Trinajstić information content (AvgIpc) is 2.55. The van der Waals surface area contributed by atoms with Crippen LogP contribution in [-0.4, -0.2) is 23.5 Å². The molecule has 1 N–H and O–H groups in total. The van der Waals surface area contributed by atoms with E-state index in [9.17, 15) is 14.9 Å². The van der Waals surface area contributed by atoms with E-state index < -0.39 is 16.9 Å². The highest BCUT2D eigenvalue weighted by molar-refractivity contribution is 5.95. The molecule has 1 heterocycles. The first-order chi connectivity index (χ1) is 11.0. The van der Waals surface area contributed by atoms with E-state index in [1.807, 2.05) is 6.07 Å². The summed E-state index contributed by atoms with van der Waals surface area (Å²) in [5, 5.41) is 13.6. The van der Waals surface area contributed by atoms with Crippen molar-refractivity contribution in [1.82, 2.24) is 0 Å². The Morgan fingerprint density at radius 1 is 1.26 bits per heavy atom. The fourth-order valence-corrected chi connectivity index (χ4v) is 2.26. The van der Waals surface area contributed by atoms with Crippen LogP contribution in [0.3, 0.4) is 0 Å². The van der Waals surface area contributed by atoms with Crippen LogP contribution in [0.4, 0.5) is 11.4 Å². The lowest BCUT2D eigenvalue weighted by molar-refractivity contribution is -0.385. The quantitative estimate of drug-likeness (QED) is 0.695. The van der Waals surface area contributed by atoms with Crippen LogP contribution in [0.25, 0.3) is 0 Å². The molecule has 2 aromatic rings. The number of carbonyl (C=O) groups is 1. The van der Waals surface area contributed by atoms with Crippen molar-refractivity contribution >= 4 is 17.3 Å². The second-order valence-corrected chi connectivity index (χ2v) is 5.11. The molecule has 1 atom stereocenters. The summed E-state index contributed by atoms with van der Waals surface area (Å²) in [4.78, 5) is 22.7. The SMILES string of the molecule is Cc1ccc(NC(=O)C2COc3ccccc3O2)cc1[N+](=O)[O-]. The Balaban J connectivity index is 1.73. The maximum Gasteiger partial charge on any atom is 0.274 e. The van der Waals surface area contributed by atoms with Gasteiger partial charge in [-0.05, 0) is 25.1 Å². The maximum atomic E-state index is 12.3. The van der Waals surface area contributed by atoms with Gasteiger partial charge >= 0.3 is 0 Å². The summed E-state index contributed by atoms with van der Waals surface area (Å²) in [7, 11) is 0. The van der Waals surface area contributed by atoms with Crippen molar-refractivity contribution in [3.63, 3.8) is 0 Å². The van der Waals surface area contributed by atoms with Gasteiger partial charge in [0.25, 0.3) is 11.6 Å². The van der Waals surface area contributed by atoms with Crippen LogP contribution in [0.1, 0.15) is 5.56 Å². The van der Waals surface area contributed by atoms with E-state index in [0.717, 1.165) is 0 Å². The molecule has 7 nitrogen and oxygen atoms in total. The van der Waals surface area contributed by atoms with Crippen LogP contribution < -0.4 is 14.8 Å². The van der Waals surface area contributed by atoms with E-state index in [1.54, 1.807) is 37.3 Å². The molecule has 2 aromatic carbocycles. The Morgan fingerprint density at radius 3 is 2.74 bits per heavy atom. The highest BCUT2D eigenvalue weighted by Gasteiger charge is 2.27. The highest BCUT2D eigenvalue weighted by atomic mass is 16.6. The number of anilines is 1. The third-order valence-electron chi connectivity index (χ3n) is 3.47. The summed E-state index contributed by atoms with van der Waals surface area (Å²) >= 11 is 0. The van der Waals surface area contributed by atoms with Crippen LogP contribution in [0.5, 0.6) is 11.5 Å². The van der Waals surface area contributed by atoms with Crippen molar-refractivity contribution in [1.29, 1.82) is 0 Å². The third kappa shape index (κ3) is 3.08. The van der Waals surface area contributed by atoms with E-state index in [1.165, 1.54) is 6.07 Å². The van der Waals surface area contributed by atoms with Gasteiger partial charge in [0, 0.05) is 17.3 Å². The minimum Gasteiger partial charge on any atom is -0.485 e. The Labute approximate surface area is 132 Å². The van der Waals surface area contributed by atoms with Crippen LogP contribution in [0.2, 0.25) is 0 Å². The molecule has 0 radical (unpaired) electrons. The normalized spacial score (nSPS) is 15.8. The largest absolute Gasteiger partial charge is 0.485 e. The number of rotatable bonds is 3. The van der Waals surface area contributed by atoms with Gasteiger partial charge in [0.2, 0.25) is 6.10 Å². The molecule has 1 amide bonds. The van der Waals surface area contributed by atoms with Crippen LogP contribution in [-0.2, 0) is 4.79 Å². The number of nitro groups is 1. The van der Waals surface area contributed by atoms with Gasteiger partial charge in [-0.3, -0.25) is 14.9 Å². The Hall–Kier alpha value is -3.09. The summed E-state index contributed by atoms with van der Waals surface area (Å²) in [5.41, 5.74) is 0.822. The van der Waals surface area contributed by atoms with E-state index in [-0.39, 0.29) is 12.3 Å². The predicted octanol–water partition coefficient (Wildman–Crippen LogP) is 2.68. The minimum absolute atomic E-state index is 0.0473.